The first-order valence-electron chi connectivity index (χ1n) is 10.8. The lowest BCUT2D eigenvalue weighted by Gasteiger charge is -2.27. The molecule has 3 aliphatic rings. The Hall–Kier alpha value is -3.92. The van der Waals surface area contributed by atoms with Gasteiger partial charge in [0.15, 0.2) is 0 Å². The molecule has 10 heteroatoms. The Morgan fingerprint density at radius 1 is 1.03 bits per heavy atom. The van der Waals surface area contributed by atoms with E-state index in [0.29, 0.717) is 23.7 Å². The van der Waals surface area contributed by atoms with Crippen LogP contribution in [0.3, 0.4) is 0 Å². The van der Waals surface area contributed by atoms with Crippen LogP contribution in [0.1, 0.15) is 6.42 Å². The molecular formula is C24H22N4O5S. The highest BCUT2D eigenvalue weighted by atomic mass is 32.2. The number of hydrogen-bond acceptors (Lipinski definition) is 6. The van der Waals surface area contributed by atoms with Gasteiger partial charge in [0, 0.05) is 31.4 Å². The minimum atomic E-state index is -3.45. The summed E-state index contributed by atoms with van der Waals surface area (Å²) in [5, 5.41) is 2.90. The molecule has 0 bridgehead atoms. The molecule has 3 aliphatic heterocycles. The summed E-state index contributed by atoms with van der Waals surface area (Å²) in [5.41, 5.74) is 1.11. The molecule has 0 radical (unpaired) electrons. The van der Waals surface area contributed by atoms with E-state index in [2.05, 4.69) is 9.71 Å². The number of amidine groups is 1. The fourth-order valence-corrected chi connectivity index (χ4v) is 4.95. The van der Waals surface area contributed by atoms with E-state index < -0.39 is 10.0 Å². The van der Waals surface area contributed by atoms with Gasteiger partial charge in [0.25, 0.3) is 15.9 Å². The largest absolute Gasteiger partial charge is 0.457 e. The van der Waals surface area contributed by atoms with E-state index in [1.807, 2.05) is 42.5 Å². The third kappa shape index (κ3) is 4.72. The molecule has 1 saturated heterocycles. The Bertz CT molecular complexity index is 1320. The van der Waals surface area contributed by atoms with Gasteiger partial charge in [0.05, 0.1) is 17.4 Å². The van der Waals surface area contributed by atoms with Crippen LogP contribution in [-0.2, 0) is 19.6 Å². The van der Waals surface area contributed by atoms with Gasteiger partial charge in [0.2, 0.25) is 5.91 Å². The molecule has 2 aromatic rings. The average Bonchev–Trinajstić information content (AvgIpc) is 3.19. The van der Waals surface area contributed by atoms with Crippen LogP contribution in [0.15, 0.2) is 82.9 Å². The molecule has 3 heterocycles. The minimum absolute atomic E-state index is 0.0779. The smallest absolute Gasteiger partial charge is 0.256 e. The highest BCUT2D eigenvalue weighted by molar-refractivity contribution is 7.90. The number of amides is 2. The molecule has 2 amide bonds. The zero-order chi connectivity index (χ0) is 23.7. The number of rotatable bonds is 5. The van der Waals surface area contributed by atoms with Crippen LogP contribution >= 0.6 is 0 Å². The van der Waals surface area contributed by atoms with Crippen LogP contribution in [0.4, 0.5) is 5.69 Å². The van der Waals surface area contributed by atoms with E-state index in [1.54, 1.807) is 28.1 Å². The van der Waals surface area contributed by atoms with E-state index in [4.69, 9.17) is 4.74 Å². The second kappa shape index (κ2) is 8.79. The van der Waals surface area contributed by atoms with Gasteiger partial charge in [-0.3, -0.25) is 9.59 Å². The Labute approximate surface area is 197 Å². The van der Waals surface area contributed by atoms with Gasteiger partial charge in [-0.05, 0) is 48.6 Å². The number of sulfonamides is 1. The SMILES string of the molecule is O=C(NC1CC(=O)N(c2ccc(Oc3ccccc3)cc2)C1)C1=CN2CCS(=O)(=O)N=C2C=C1. The first-order valence-corrected chi connectivity index (χ1v) is 12.4. The Morgan fingerprint density at radius 3 is 2.53 bits per heavy atom. The van der Waals surface area contributed by atoms with Crippen molar-refractivity contribution in [3.05, 3.63) is 78.5 Å². The van der Waals surface area contributed by atoms with Crippen LogP contribution in [0.2, 0.25) is 0 Å². The van der Waals surface area contributed by atoms with Crippen LogP contribution < -0.4 is 15.0 Å². The fourth-order valence-electron chi connectivity index (χ4n) is 3.98. The van der Waals surface area contributed by atoms with Crippen LogP contribution in [0, 0.1) is 0 Å². The second-order valence-electron chi connectivity index (χ2n) is 8.13. The lowest BCUT2D eigenvalue weighted by molar-refractivity contribution is -0.118. The number of para-hydroxylation sites is 1. The molecule has 174 valence electrons. The fraction of sp³-hybridized carbons (Fsp3) is 0.208. The molecule has 5 rings (SSSR count). The first-order chi connectivity index (χ1) is 16.4. The van der Waals surface area contributed by atoms with Crippen LogP contribution in [0.5, 0.6) is 11.5 Å². The zero-order valence-electron chi connectivity index (χ0n) is 18.1. The van der Waals surface area contributed by atoms with Crippen molar-refractivity contribution < 1.29 is 22.7 Å². The molecule has 1 N–H and O–H groups in total. The van der Waals surface area contributed by atoms with Gasteiger partial charge in [-0.25, -0.2) is 8.42 Å². The molecule has 0 aliphatic carbocycles. The third-order valence-corrected chi connectivity index (χ3v) is 6.84. The summed E-state index contributed by atoms with van der Waals surface area (Å²) in [6.07, 6.45) is 4.82. The number of carbonyl (C=O) groups is 2. The number of benzene rings is 2. The van der Waals surface area contributed by atoms with Crippen molar-refractivity contribution in [2.24, 2.45) is 4.40 Å². The summed E-state index contributed by atoms with van der Waals surface area (Å²) in [6.45, 7) is 0.594. The second-order valence-corrected chi connectivity index (χ2v) is 9.89. The minimum Gasteiger partial charge on any atom is -0.457 e. The number of hydrogen-bond donors (Lipinski definition) is 1. The highest BCUT2D eigenvalue weighted by Crippen LogP contribution is 2.27. The Balaban J connectivity index is 1.21. The average molecular weight is 479 g/mol. The van der Waals surface area contributed by atoms with E-state index in [9.17, 15) is 18.0 Å². The maximum absolute atomic E-state index is 12.8. The van der Waals surface area contributed by atoms with E-state index in [-0.39, 0.29) is 36.6 Å². The molecule has 0 aromatic heterocycles. The maximum Gasteiger partial charge on any atom is 0.256 e. The van der Waals surface area contributed by atoms with Crippen molar-refractivity contribution in [3.8, 4) is 11.5 Å². The molecule has 2 aromatic carbocycles. The Morgan fingerprint density at radius 2 is 1.76 bits per heavy atom. The number of nitrogens with zero attached hydrogens (tertiary/aromatic N) is 3. The van der Waals surface area contributed by atoms with Crippen LogP contribution in [-0.4, -0.2) is 55.9 Å². The molecule has 9 nitrogen and oxygen atoms in total. The molecular weight excluding hydrogens is 456 g/mol. The van der Waals surface area contributed by atoms with Crippen LogP contribution in [0.25, 0.3) is 0 Å². The van der Waals surface area contributed by atoms with E-state index >= 15 is 0 Å². The van der Waals surface area contributed by atoms with Gasteiger partial charge in [0.1, 0.15) is 17.3 Å². The number of ether oxygens (including phenoxy) is 1. The third-order valence-electron chi connectivity index (χ3n) is 5.67. The summed E-state index contributed by atoms with van der Waals surface area (Å²) >= 11 is 0. The lowest BCUT2D eigenvalue weighted by Crippen LogP contribution is -2.41. The summed E-state index contributed by atoms with van der Waals surface area (Å²) in [6, 6.07) is 16.3. The van der Waals surface area contributed by atoms with Gasteiger partial charge in [-0.1, -0.05) is 18.2 Å². The molecule has 0 saturated carbocycles. The van der Waals surface area contributed by atoms with Crippen molar-refractivity contribution >= 4 is 33.4 Å². The number of nitrogens with one attached hydrogen (secondary N) is 1. The molecule has 1 unspecified atom stereocenters. The predicted octanol–water partition coefficient (Wildman–Crippen LogP) is 2.20. The van der Waals surface area contributed by atoms with Crippen molar-refractivity contribution in [3.63, 3.8) is 0 Å². The van der Waals surface area contributed by atoms with Crippen molar-refractivity contribution in [1.82, 2.24) is 10.2 Å². The van der Waals surface area contributed by atoms with Gasteiger partial charge >= 0.3 is 0 Å². The molecule has 1 fully saturated rings. The Kier molecular flexibility index (Phi) is 5.66. The summed E-state index contributed by atoms with van der Waals surface area (Å²) in [4.78, 5) is 28.6. The molecule has 0 spiro atoms. The standard InChI is InChI=1S/C24H22N4O5S/c29-23-14-18(25-24(30)17-6-11-22-26-34(31,32)13-12-27(22)15-17)16-28(23)19-7-9-21(10-8-19)33-20-4-2-1-3-5-20/h1-11,15,18H,12-14,16H2,(H,25,30). The highest BCUT2D eigenvalue weighted by Gasteiger charge is 2.32. The lowest BCUT2D eigenvalue weighted by atomic mass is 10.1. The number of anilines is 1. The van der Waals surface area contributed by atoms with Crippen molar-refractivity contribution in [1.29, 1.82) is 0 Å². The monoisotopic (exact) mass is 478 g/mol. The normalized spacial score (nSPS) is 20.9. The van der Waals surface area contributed by atoms with Gasteiger partial charge < -0.3 is 19.9 Å². The zero-order valence-corrected chi connectivity index (χ0v) is 18.9. The van der Waals surface area contributed by atoms with E-state index in [1.165, 1.54) is 12.2 Å². The summed E-state index contributed by atoms with van der Waals surface area (Å²) in [5.74, 6) is 1.18. The van der Waals surface area contributed by atoms with Gasteiger partial charge in [-0.15, -0.1) is 4.40 Å². The first kappa shape index (κ1) is 21.9. The molecule has 1 atom stereocenters. The maximum atomic E-state index is 12.8. The summed E-state index contributed by atoms with van der Waals surface area (Å²) in [7, 11) is -3.45. The van der Waals surface area contributed by atoms with Crippen molar-refractivity contribution in [2.45, 2.75) is 12.5 Å². The topological polar surface area (TPSA) is 108 Å². The predicted molar refractivity (Wildman–Crippen MR) is 127 cm³/mol. The number of fused-ring (bicyclic) bond motifs is 1. The molecule has 34 heavy (non-hydrogen) atoms. The van der Waals surface area contributed by atoms with Gasteiger partial charge in [-0.2, -0.15) is 0 Å². The van der Waals surface area contributed by atoms with Crippen molar-refractivity contribution in [2.75, 3.05) is 23.7 Å². The number of carbonyl (C=O) groups excluding carboxylic acids is 2. The van der Waals surface area contributed by atoms with E-state index in [0.717, 1.165) is 11.4 Å². The summed E-state index contributed by atoms with van der Waals surface area (Å²) < 4.78 is 32.8. The quantitative estimate of drug-likeness (QED) is 0.706.